The van der Waals surface area contributed by atoms with Crippen molar-refractivity contribution in [2.75, 3.05) is 0 Å². The number of hydrogen-bond donors (Lipinski definition) is 2. The van der Waals surface area contributed by atoms with Gasteiger partial charge in [-0.3, -0.25) is 4.55 Å². The Balaban J connectivity index is 1.47. The first-order chi connectivity index (χ1) is 15.3. The first-order valence-electron chi connectivity index (χ1n) is 13.6. The van der Waals surface area contributed by atoms with Crippen LogP contribution < -0.4 is 0 Å². The van der Waals surface area contributed by atoms with E-state index in [1.165, 1.54) is 38.5 Å². The molecule has 0 aromatic carbocycles. The van der Waals surface area contributed by atoms with Gasteiger partial charge in [0.05, 0.1) is 12.2 Å². The normalized spacial score (nSPS) is 47.1. The van der Waals surface area contributed by atoms with Crippen LogP contribution in [0.25, 0.3) is 0 Å². The summed E-state index contributed by atoms with van der Waals surface area (Å²) in [5.74, 6) is 4.29. The summed E-state index contributed by atoms with van der Waals surface area (Å²) < 4.78 is 36.7. The number of aliphatic hydroxyl groups is 1. The Bertz CT molecular complexity index is 811. The molecule has 0 radical (unpaired) electrons. The predicted molar refractivity (Wildman–Crippen MR) is 131 cm³/mol. The zero-order valence-corrected chi connectivity index (χ0v) is 22.5. The maximum Gasteiger partial charge on any atom is 0.397 e. The van der Waals surface area contributed by atoms with E-state index >= 15 is 0 Å². The largest absolute Gasteiger partial charge is 0.397 e. The summed E-state index contributed by atoms with van der Waals surface area (Å²) in [5.41, 5.74) is 0.665. The number of aliphatic hydroxyl groups excluding tert-OH is 1. The summed E-state index contributed by atoms with van der Waals surface area (Å²) in [5, 5.41) is 11.4. The molecule has 11 atom stereocenters. The quantitative estimate of drug-likeness (QED) is 0.425. The van der Waals surface area contributed by atoms with Crippen molar-refractivity contribution in [2.24, 2.45) is 58.2 Å². The lowest BCUT2D eigenvalue weighted by Crippen LogP contribution is -2.55. The second kappa shape index (κ2) is 9.05. The minimum absolute atomic E-state index is 0.0290. The highest BCUT2D eigenvalue weighted by Gasteiger charge is 2.63. The molecule has 5 nitrogen and oxygen atoms in total. The molecule has 0 aromatic heterocycles. The predicted octanol–water partition coefficient (Wildman–Crippen LogP) is 6.12. The summed E-state index contributed by atoms with van der Waals surface area (Å²) in [6, 6.07) is 0. The van der Waals surface area contributed by atoms with Crippen LogP contribution in [0.2, 0.25) is 0 Å². The third-order valence-corrected chi connectivity index (χ3v) is 11.7. The van der Waals surface area contributed by atoms with Gasteiger partial charge in [0, 0.05) is 0 Å². The Labute approximate surface area is 202 Å². The highest BCUT2D eigenvalue weighted by atomic mass is 32.3. The van der Waals surface area contributed by atoms with Gasteiger partial charge in [0.2, 0.25) is 0 Å². The fraction of sp³-hybridized carbons (Fsp3) is 1.00. The van der Waals surface area contributed by atoms with Crippen LogP contribution in [0.5, 0.6) is 0 Å². The van der Waals surface area contributed by atoms with Gasteiger partial charge in [-0.1, -0.05) is 41.5 Å². The Kier molecular flexibility index (Phi) is 7.10. The molecule has 0 bridgehead atoms. The molecular weight excluding hydrogens is 436 g/mol. The standard InChI is InChI=1S/C27H48O5S/c1-16(2)24(32-33(29,30)31)10-7-18(4)20-8-9-21-25-22(11-12-26(20,21)5)27(6)15-17(3)13-19(27)14-23(25)28/h16-25,28H,7-15H2,1-6H3,(H,29,30,31). The minimum atomic E-state index is -4.43. The molecule has 2 N–H and O–H groups in total. The second-order valence-corrected chi connectivity index (χ2v) is 14.5. The third kappa shape index (κ3) is 4.68. The number of hydrogen-bond acceptors (Lipinski definition) is 4. The van der Waals surface area contributed by atoms with Crippen LogP contribution in [0.3, 0.4) is 0 Å². The zero-order chi connectivity index (χ0) is 24.3. The lowest BCUT2D eigenvalue weighted by Gasteiger charge is -2.59. The molecule has 0 aliphatic heterocycles. The van der Waals surface area contributed by atoms with Crippen molar-refractivity contribution in [3.05, 3.63) is 0 Å². The molecule has 4 aliphatic rings. The highest BCUT2D eigenvalue weighted by Crippen LogP contribution is 2.69. The highest BCUT2D eigenvalue weighted by molar-refractivity contribution is 7.80. The Morgan fingerprint density at radius 2 is 1.67 bits per heavy atom. The van der Waals surface area contributed by atoms with Gasteiger partial charge in [-0.2, -0.15) is 8.42 Å². The lowest BCUT2D eigenvalue weighted by molar-refractivity contribution is -0.146. The summed E-state index contributed by atoms with van der Waals surface area (Å²) in [7, 11) is -4.43. The number of fused-ring (bicyclic) bond motifs is 5. The summed E-state index contributed by atoms with van der Waals surface area (Å²) >= 11 is 0. The average molecular weight is 485 g/mol. The van der Waals surface area contributed by atoms with Crippen molar-refractivity contribution in [3.63, 3.8) is 0 Å². The Morgan fingerprint density at radius 3 is 2.30 bits per heavy atom. The molecule has 0 amide bonds. The van der Waals surface area contributed by atoms with Gasteiger partial charge < -0.3 is 5.11 Å². The molecule has 4 rings (SSSR count). The fourth-order valence-electron chi connectivity index (χ4n) is 9.78. The van der Waals surface area contributed by atoms with Gasteiger partial charge >= 0.3 is 10.4 Å². The molecule has 6 heteroatoms. The summed E-state index contributed by atoms with van der Waals surface area (Å²) in [6.45, 7) is 13.6. The van der Waals surface area contributed by atoms with Crippen LogP contribution in [0, 0.1) is 58.2 Å². The van der Waals surface area contributed by atoms with Crippen LogP contribution in [0.1, 0.15) is 99.3 Å². The first-order valence-corrected chi connectivity index (χ1v) is 15.0. The fourth-order valence-corrected chi connectivity index (χ4v) is 10.4. The van der Waals surface area contributed by atoms with Gasteiger partial charge in [-0.25, -0.2) is 4.18 Å². The SMILES string of the molecule is CC1CC2CC(O)C3C(CCC4(C)C(C(C)CCC(OS(=O)(=O)O)C(C)C)CCC34)C2(C)C1. The van der Waals surface area contributed by atoms with E-state index in [0.29, 0.717) is 47.3 Å². The molecule has 4 aliphatic carbocycles. The van der Waals surface area contributed by atoms with Crippen LogP contribution in [-0.4, -0.2) is 30.3 Å². The zero-order valence-electron chi connectivity index (χ0n) is 21.7. The molecule has 192 valence electrons. The Hall–Kier alpha value is -0.170. The summed E-state index contributed by atoms with van der Waals surface area (Å²) in [4.78, 5) is 0. The smallest absolute Gasteiger partial charge is 0.393 e. The van der Waals surface area contributed by atoms with Crippen molar-refractivity contribution in [3.8, 4) is 0 Å². The van der Waals surface area contributed by atoms with E-state index < -0.39 is 16.5 Å². The summed E-state index contributed by atoms with van der Waals surface area (Å²) in [6.07, 6.45) is 9.47. The maximum atomic E-state index is 11.4. The van der Waals surface area contributed by atoms with E-state index in [9.17, 15) is 18.1 Å². The second-order valence-electron chi connectivity index (χ2n) is 13.4. The topological polar surface area (TPSA) is 83.8 Å². The van der Waals surface area contributed by atoms with Crippen molar-refractivity contribution in [1.29, 1.82) is 0 Å². The first kappa shape index (κ1) is 25.9. The van der Waals surface area contributed by atoms with Crippen LogP contribution in [0.4, 0.5) is 0 Å². The molecule has 0 spiro atoms. The van der Waals surface area contributed by atoms with Gasteiger partial charge in [0.25, 0.3) is 0 Å². The molecule has 4 fully saturated rings. The van der Waals surface area contributed by atoms with Crippen molar-refractivity contribution >= 4 is 10.4 Å². The van der Waals surface area contributed by atoms with Crippen molar-refractivity contribution in [2.45, 2.75) is 112 Å². The van der Waals surface area contributed by atoms with E-state index in [4.69, 9.17) is 4.18 Å². The van der Waals surface area contributed by atoms with Gasteiger partial charge in [0.15, 0.2) is 0 Å². The van der Waals surface area contributed by atoms with Gasteiger partial charge in [0.1, 0.15) is 0 Å². The molecule has 0 heterocycles. The molecule has 11 unspecified atom stereocenters. The van der Waals surface area contributed by atoms with E-state index in [0.717, 1.165) is 18.8 Å². The molecule has 0 aromatic rings. The van der Waals surface area contributed by atoms with Crippen LogP contribution in [0.15, 0.2) is 0 Å². The molecule has 33 heavy (non-hydrogen) atoms. The van der Waals surface area contributed by atoms with Gasteiger partial charge in [-0.15, -0.1) is 0 Å². The van der Waals surface area contributed by atoms with Crippen molar-refractivity contribution < 1.29 is 22.3 Å². The third-order valence-electron chi connectivity index (χ3n) is 11.2. The molecular formula is C27H48O5S. The monoisotopic (exact) mass is 484 g/mol. The van der Waals surface area contributed by atoms with Gasteiger partial charge in [-0.05, 0) is 116 Å². The van der Waals surface area contributed by atoms with E-state index in [1.807, 2.05) is 13.8 Å². The maximum absolute atomic E-state index is 11.4. The molecule has 0 saturated heterocycles. The van der Waals surface area contributed by atoms with E-state index in [2.05, 4.69) is 27.7 Å². The lowest BCUT2D eigenvalue weighted by atomic mass is 9.46. The van der Waals surface area contributed by atoms with Crippen LogP contribution >= 0.6 is 0 Å². The Morgan fingerprint density at radius 1 is 1.00 bits per heavy atom. The minimum Gasteiger partial charge on any atom is -0.393 e. The molecule has 4 saturated carbocycles. The van der Waals surface area contributed by atoms with E-state index in [-0.39, 0.29) is 17.4 Å². The van der Waals surface area contributed by atoms with E-state index in [1.54, 1.807) is 0 Å². The number of rotatable bonds is 7. The van der Waals surface area contributed by atoms with Crippen molar-refractivity contribution in [1.82, 2.24) is 0 Å². The average Bonchev–Trinajstić information content (AvgIpc) is 3.19. The van der Waals surface area contributed by atoms with Crippen LogP contribution in [-0.2, 0) is 14.6 Å².